The van der Waals surface area contributed by atoms with Gasteiger partial charge in [-0.3, -0.25) is 0 Å². The van der Waals surface area contributed by atoms with E-state index in [0.29, 0.717) is 0 Å². The number of nitrogens with zero attached hydrogens (tertiary/aromatic N) is 4. The van der Waals surface area contributed by atoms with E-state index < -0.39 is 0 Å². The summed E-state index contributed by atoms with van der Waals surface area (Å²) in [5.74, 6) is 0. The van der Waals surface area contributed by atoms with Crippen molar-refractivity contribution in [2.24, 2.45) is 0 Å². The highest BCUT2D eigenvalue weighted by atomic mass is 15.2. The predicted octanol–water partition coefficient (Wildman–Crippen LogP) is 21.4. The van der Waals surface area contributed by atoms with Crippen LogP contribution in [0.25, 0.3) is 0 Å². The topological polar surface area (TPSA) is 13.0 Å². The van der Waals surface area contributed by atoms with Crippen LogP contribution in [0.15, 0.2) is 243 Å². The smallest absolute Gasteiger partial charge is 0.0482 e. The summed E-state index contributed by atoms with van der Waals surface area (Å²) >= 11 is 0. The number of hydrogen-bond donors (Lipinski definition) is 0. The summed E-state index contributed by atoms with van der Waals surface area (Å²) < 4.78 is 0. The van der Waals surface area contributed by atoms with E-state index in [-0.39, 0.29) is 0 Å². The fourth-order valence-electron chi connectivity index (χ4n) is 10.2. The van der Waals surface area contributed by atoms with Gasteiger partial charge < -0.3 is 19.6 Å². The third-order valence-corrected chi connectivity index (χ3v) is 14.2. The highest BCUT2D eigenvalue weighted by molar-refractivity contribution is 5.86. The molecule has 0 spiro atoms. The van der Waals surface area contributed by atoms with Crippen molar-refractivity contribution in [3.05, 3.63) is 254 Å². The number of rotatable bonds is 26. The first-order valence-electron chi connectivity index (χ1n) is 27.6. The molecule has 0 heterocycles. The fourth-order valence-corrected chi connectivity index (χ4v) is 10.2. The number of para-hydroxylation sites is 4. The van der Waals surface area contributed by atoms with Crippen LogP contribution in [0, 0.1) is 0 Å². The van der Waals surface area contributed by atoms with E-state index in [0.717, 1.165) is 81.1 Å². The summed E-state index contributed by atoms with van der Waals surface area (Å²) in [7, 11) is 0. The lowest BCUT2D eigenvalue weighted by molar-refractivity contribution is 0.607. The predicted molar refractivity (Wildman–Crippen MR) is 319 cm³/mol. The van der Waals surface area contributed by atoms with Gasteiger partial charge in [0.15, 0.2) is 0 Å². The first-order chi connectivity index (χ1) is 36.7. The molecule has 0 fully saturated rings. The number of anilines is 12. The van der Waals surface area contributed by atoms with E-state index >= 15 is 0 Å². The van der Waals surface area contributed by atoms with Crippen molar-refractivity contribution < 1.29 is 0 Å². The minimum Gasteiger partial charge on any atom is -0.311 e. The molecule has 0 atom stereocenters. The monoisotopic (exact) mass is 971 g/mol. The first-order valence-corrected chi connectivity index (χ1v) is 27.6. The first kappa shape index (κ1) is 51.1. The molecule has 0 aliphatic rings. The van der Waals surface area contributed by atoms with Crippen LogP contribution in [0.2, 0.25) is 0 Å². The molecule has 0 aromatic heterocycles. The Kier molecular flexibility index (Phi) is 18.5. The molecule has 9 aromatic carbocycles. The quantitative estimate of drug-likeness (QED) is 0.0501. The summed E-state index contributed by atoms with van der Waals surface area (Å²) in [4.78, 5) is 9.48. The molecule has 0 bridgehead atoms. The number of hydrogen-bond acceptors (Lipinski definition) is 4. The zero-order valence-corrected chi connectivity index (χ0v) is 43.8. The molecule has 4 nitrogen and oxygen atoms in total. The van der Waals surface area contributed by atoms with E-state index in [2.05, 4.69) is 276 Å². The minimum absolute atomic E-state index is 1.09. The second-order valence-electron chi connectivity index (χ2n) is 19.6. The zero-order valence-electron chi connectivity index (χ0n) is 43.8. The molecule has 0 unspecified atom stereocenters. The van der Waals surface area contributed by atoms with E-state index in [1.54, 1.807) is 0 Å². The standard InChI is InChI=1S/C70H74N4/c1-3-5-7-9-11-17-28-57-40-44-63(45-41-57)73(67-52-48-65(49-53-67)71(59-30-19-13-20-31-59)60-32-21-14-22-33-60)69-38-27-39-70(56-69)74(64-46-42-58(43-47-64)29-18-12-10-8-6-4-2)68-54-50-66(51-55-68)72(61-34-23-15-24-35-61)62-36-25-16-26-37-62/h13-16,19-27,30-56H,3-12,17-18,28-29H2,1-2H3. The van der Waals surface area contributed by atoms with Crippen LogP contribution < -0.4 is 19.6 Å². The molecule has 0 saturated heterocycles. The van der Waals surface area contributed by atoms with Crippen LogP contribution >= 0.6 is 0 Å². The maximum Gasteiger partial charge on any atom is 0.0482 e. The number of benzene rings is 9. The summed E-state index contributed by atoms with van der Waals surface area (Å²) in [5.41, 5.74) is 16.1. The molecule has 4 heteroatoms. The molecule has 0 saturated carbocycles. The van der Waals surface area contributed by atoms with Crippen molar-refractivity contribution >= 4 is 68.2 Å². The Morgan fingerprint density at radius 2 is 0.419 bits per heavy atom. The van der Waals surface area contributed by atoms with Crippen molar-refractivity contribution in [2.45, 2.75) is 104 Å². The molecule has 374 valence electrons. The van der Waals surface area contributed by atoms with Crippen molar-refractivity contribution in [3.8, 4) is 0 Å². The van der Waals surface area contributed by atoms with Gasteiger partial charge in [-0.1, -0.05) is 181 Å². The average Bonchev–Trinajstić information content (AvgIpc) is 3.46. The second kappa shape index (κ2) is 26.8. The van der Waals surface area contributed by atoms with Gasteiger partial charge in [0.1, 0.15) is 0 Å². The SMILES string of the molecule is CCCCCCCCc1ccc(N(c2ccc(N(c3ccccc3)c3ccccc3)cc2)c2cccc(N(c3ccc(CCCCCCCC)cc3)c3ccc(N(c4ccccc4)c4ccccc4)cc3)c2)cc1. The number of unbranched alkanes of at least 4 members (excludes halogenated alkanes) is 10. The molecular weight excluding hydrogens is 897 g/mol. The summed E-state index contributed by atoms with van der Waals surface area (Å²) in [6.07, 6.45) is 17.8. The summed E-state index contributed by atoms with van der Waals surface area (Å²) in [5, 5.41) is 0. The maximum atomic E-state index is 2.42. The van der Waals surface area contributed by atoms with E-state index in [4.69, 9.17) is 0 Å². The lowest BCUT2D eigenvalue weighted by Gasteiger charge is -2.31. The largest absolute Gasteiger partial charge is 0.311 e. The third-order valence-electron chi connectivity index (χ3n) is 14.2. The summed E-state index contributed by atoms with van der Waals surface area (Å²) in [6.45, 7) is 4.58. The molecule has 9 aromatic rings. The minimum atomic E-state index is 1.09. The molecule has 9 rings (SSSR count). The number of aryl methyl sites for hydroxylation is 2. The lowest BCUT2D eigenvalue weighted by Crippen LogP contribution is -2.14. The van der Waals surface area contributed by atoms with Gasteiger partial charge in [-0.2, -0.15) is 0 Å². The maximum absolute atomic E-state index is 2.42. The lowest BCUT2D eigenvalue weighted by atomic mass is 10.0. The van der Waals surface area contributed by atoms with E-state index in [1.165, 1.54) is 88.2 Å². The van der Waals surface area contributed by atoms with Gasteiger partial charge >= 0.3 is 0 Å². The fraction of sp³-hybridized carbons (Fsp3) is 0.229. The molecule has 0 radical (unpaired) electrons. The normalized spacial score (nSPS) is 11.1. The van der Waals surface area contributed by atoms with Gasteiger partial charge in [0, 0.05) is 68.2 Å². The Hall–Kier alpha value is -7.82. The van der Waals surface area contributed by atoms with Crippen LogP contribution in [0.5, 0.6) is 0 Å². The van der Waals surface area contributed by atoms with Crippen molar-refractivity contribution in [3.63, 3.8) is 0 Å². The Morgan fingerprint density at radius 3 is 0.703 bits per heavy atom. The second-order valence-corrected chi connectivity index (χ2v) is 19.6. The Labute approximate surface area is 443 Å². The van der Waals surface area contributed by atoms with Crippen molar-refractivity contribution in [1.82, 2.24) is 0 Å². The highest BCUT2D eigenvalue weighted by Crippen LogP contribution is 2.43. The Bertz CT molecular complexity index is 2710. The molecule has 0 N–H and O–H groups in total. The van der Waals surface area contributed by atoms with Crippen LogP contribution in [0.4, 0.5) is 68.2 Å². The van der Waals surface area contributed by atoms with Gasteiger partial charge in [0.05, 0.1) is 0 Å². The third kappa shape index (κ3) is 13.4. The average molecular weight is 971 g/mol. The molecule has 74 heavy (non-hydrogen) atoms. The Morgan fingerprint density at radius 1 is 0.203 bits per heavy atom. The van der Waals surface area contributed by atoms with Gasteiger partial charge in [-0.05, 0) is 176 Å². The van der Waals surface area contributed by atoms with E-state index in [1.807, 2.05) is 0 Å². The van der Waals surface area contributed by atoms with Gasteiger partial charge in [0.25, 0.3) is 0 Å². The van der Waals surface area contributed by atoms with Crippen LogP contribution in [0.3, 0.4) is 0 Å². The van der Waals surface area contributed by atoms with Gasteiger partial charge in [-0.15, -0.1) is 0 Å². The molecule has 0 amide bonds. The van der Waals surface area contributed by atoms with Crippen LogP contribution in [-0.2, 0) is 12.8 Å². The molecule has 0 aliphatic heterocycles. The van der Waals surface area contributed by atoms with Crippen molar-refractivity contribution in [2.75, 3.05) is 19.6 Å². The molecular formula is C70H74N4. The Balaban J connectivity index is 1.09. The van der Waals surface area contributed by atoms with Gasteiger partial charge in [-0.25, -0.2) is 0 Å². The zero-order chi connectivity index (χ0) is 50.6. The van der Waals surface area contributed by atoms with Gasteiger partial charge in [0.2, 0.25) is 0 Å². The molecule has 0 aliphatic carbocycles. The van der Waals surface area contributed by atoms with Crippen LogP contribution in [0.1, 0.15) is 102 Å². The van der Waals surface area contributed by atoms with E-state index in [9.17, 15) is 0 Å². The summed E-state index contributed by atoms with van der Waals surface area (Å²) in [6, 6.07) is 88.4. The highest BCUT2D eigenvalue weighted by Gasteiger charge is 2.20. The van der Waals surface area contributed by atoms with Crippen LogP contribution in [-0.4, -0.2) is 0 Å². The van der Waals surface area contributed by atoms with Crippen molar-refractivity contribution in [1.29, 1.82) is 0 Å².